The van der Waals surface area contributed by atoms with Crippen LogP contribution in [-0.2, 0) is 0 Å². The predicted molar refractivity (Wildman–Crippen MR) is 62.7 cm³/mol. The van der Waals surface area contributed by atoms with Crippen LogP contribution in [-0.4, -0.2) is 37.6 Å². The van der Waals surface area contributed by atoms with Crippen LogP contribution in [0.1, 0.15) is 45.4 Å². The van der Waals surface area contributed by atoms with Crippen LogP contribution in [0.3, 0.4) is 0 Å². The molecule has 1 rings (SSSR count). The van der Waals surface area contributed by atoms with E-state index in [1.54, 1.807) is 0 Å². The van der Waals surface area contributed by atoms with Crippen molar-refractivity contribution in [2.45, 2.75) is 51.5 Å². The second-order valence-corrected chi connectivity index (χ2v) is 4.52. The second kappa shape index (κ2) is 7.24. The fourth-order valence-corrected chi connectivity index (χ4v) is 2.23. The van der Waals surface area contributed by atoms with Crippen LogP contribution in [0.15, 0.2) is 0 Å². The molecule has 0 aromatic heterocycles. The van der Waals surface area contributed by atoms with Crippen molar-refractivity contribution in [1.29, 1.82) is 0 Å². The van der Waals surface area contributed by atoms with Crippen molar-refractivity contribution >= 4 is 0 Å². The van der Waals surface area contributed by atoms with E-state index in [9.17, 15) is 0 Å². The lowest BCUT2D eigenvalue weighted by Gasteiger charge is -2.19. The average molecular weight is 198 g/mol. The Morgan fingerprint density at radius 1 is 1.29 bits per heavy atom. The molecular weight excluding hydrogens is 172 g/mol. The molecule has 84 valence electrons. The first-order chi connectivity index (χ1) is 6.84. The Balaban J connectivity index is 1.88. The van der Waals surface area contributed by atoms with Crippen molar-refractivity contribution in [1.82, 2.24) is 10.2 Å². The molecule has 0 aromatic carbocycles. The quantitative estimate of drug-likeness (QED) is 0.631. The Kier molecular flexibility index (Phi) is 6.20. The zero-order valence-electron chi connectivity index (χ0n) is 9.89. The molecule has 2 heteroatoms. The standard InChI is InChI=1S/C12H26N2/c1-3-4-9-13-10-5-7-12-8-6-11-14(12)2/h12-13H,3-11H2,1-2H3/t12-/m1/s1. The highest BCUT2D eigenvalue weighted by Crippen LogP contribution is 2.18. The molecule has 1 heterocycles. The number of rotatable bonds is 7. The third-order valence-electron chi connectivity index (χ3n) is 3.27. The summed E-state index contributed by atoms with van der Waals surface area (Å²) in [5.74, 6) is 0. The summed E-state index contributed by atoms with van der Waals surface area (Å²) < 4.78 is 0. The number of hydrogen-bond donors (Lipinski definition) is 1. The molecule has 1 saturated heterocycles. The van der Waals surface area contributed by atoms with E-state index in [1.807, 2.05) is 0 Å². The summed E-state index contributed by atoms with van der Waals surface area (Å²) >= 11 is 0. The average Bonchev–Trinajstić information content (AvgIpc) is 2.58. The molecule has 0 unspecified atom stereocenters. The van der Waals surface area contributed by atoms with Gasteiger partial charge in [-0.05, 0) is 58.8 Å². The molecule has 1 aliphatic heterocycles. The highest BCUT2D eigenvalue weighted by atomic mass is 15.1. The predicted octanol–water partition coefficient (Wildman–Crippen LogP) is 2.25. The first-order valence-corrected chi connectivity index (χ1v) is 6.25. The van der Waals surface area contributed by atoms with Gasteiger partial charge < -0.3 is 10.2 Å². The minimum atomic E-state index is 0.878. The first kappa shape index (κ1) is 12.0. The molecule has 1 N–H and O–H groups in total. The molecule has 14 heavy (non-hydrogen) atoms. The van der Waals surface area contributed by atoms with E-state index >= 15 is 0 Å². The Morgan fingerprint density at radius 2 is 2.07 bits per heavy atom. The largest absolute Gasteiger partial charge is 0.317 e. The Hall–Kier alpha value is -0.0800. The number of nitrogens with zero attached hydrogens (tertiary/aromatic N) is 1. The highest BCUT2D eigenvalue weighted by molar-refractivity contribution is 4.76. The van der Waals surface area contributed by atoms with Crippen molar-refractivity contribution in [3.63, 3.8) is 0 Å². The minimum absolute atomic E-state index is 0.878. The van der Waals surface area contributed by atoms with E-state index in [0.29, 0.717) is 0 Å². The van der Waals surface area contributed by atoms with Crippen molar-refractivity contribution < 1.29 is 0 Å². The van der Waals surface area contributed by atoms with E-state index in [1.165, 1.54) is 58.2 Å². The van der Waals surface area contributed by atoms with Crippen molar-refractivity contribution in [3.8, 4) is 0 Å². The van der Waals surface area contributed by atoms with Crippen LogP contribution in [0.25, 0.3) is 0 Å². The monoisotopic (exact) mass is 198 g/mol. The summed E-state index contributed by atoms with van der Waals surface area (Å²) in [6.07, 6.45) is 8.19. The van der Waals surface area contributed by atoms with Crippen LogP contribution in [0.5, 0.6) is 0 Å². The molecule has 0 amide bonds. The van der Waals surface area contributed by atoms with E-state index < -0.39 is 0 Å². The minimum Gasteiger partial charge on any atom is -0.317 e. The van der Waals surface area contributed by atoms with Gasteiger partial charge in [0.05, 0.1) is 0 Å². The summed E-state index contributed by atoms with van der Waals surface area (Å²) in [4.78, 5) is 2.52. The number of nitrogens with one attached hydrogen (secondary N) is 1. The van der Waals surface area contributed by atoms with E-state index in [4.69, 9.17) is 0 Å². The Bertz CT molecular complexity index is 136. The lowest BCUT2D eigenvalue weighted by Crippen LogP contribution is -2.26. The van der Waals surface area contributed by atoms with Gasteiger partial charge in [0.15, 0.2) is 0 Å². The molecule has 1 atom stereocenters. The molecule has 0 spiro atoms. The highest BCUT2D eigenvalue weighted by Gasteiger charge is 2.19. The normalized spacial score (nSPS) is 23.1. The number of hydrogen-bond acceptors (Lipinski definition) is 2. The Labute approximate surface area is 89.1 Å². The summed E-state index contributed by atoms with van der Waals surface area (Å²) in [6.45, 7) is 5.98. The summed E-state index contributed by atoms with van der Waals surface area (Å²) in [5.41, 5.74) is 0. The molecule has 0 radical (unpaired) electrons. The third-order valence-corrected chi connectivity index (χ3v) is 3.27. The van der Waals surface area contributed by atoms with Gasteiger partial charge in [-0.3, -0.25) is 0 Å². The van der Waals surface area contributed by atoms with Gasteiger partial charge in [0.2, 0.25) is 0 Å². The molecular formula is C12H26N2. The van der Waals surface area contributed by atoms with Gasteiger partial charge in [-0.2, -0.15) is 0 Å². The van der Waals surface area contributed by atoms with Crippen LogP contribution in [0.2, 0.25) is 0 Å². The van der Waals surface area contributed by atoms with Crippen LogP contribution in [0.4, 0.5) is 0 Å². The van der Waals surface area contributed by atoms with E-state index in [0.717, 1.165) is 6.04 Å². The van der Waals surface area contributed by atoms with Gasteiger partial charge in [-0.25, -0.2) is 0 Å². The van der Waals surface area contributed by atoms with Gasteiger partial charge >= 0.3 is 0 Å². The van der Waals surface area contributed by atoms with Gasteiger partial charge in [0.25, 0.3) is 0 Å². The number of likely N-dealkylation sites (tertiary alicyclic amines) is 1. The van der Waals surface area contributed by atoms with Gasteiger partial charge in [-0.15, -0.1) is 0 Å². The first-order valence-electron chi connectivity index (χ1n) is 6.25. The van der Waals surface area contributed by atoms with Crippen LogP contribution < -0.4 is 5.32 Å². The van der Waals surface area contributed by atoms with Crippen molar-refractivity contribution in [3.05, 3.63) is 0 Å². The SMILES string of the molecule is CCCCNCCC[C@@H]1CCCN1C. The lowest BCUT2D eigenvalue weighted by atomic mass is 10.1. The maximum absolute atomic E-state index is 3.51. The molecule has 0 bridgehead atoms. The smallest absolute Gasteiger partial charge is 0.00931 e. The second-order valence-electron chi connectivity index (χ2n) is 4.52. The van der Waals surface area contributed by atoms with E-state index in [2.05, 4.69) is 24.2 Å². The topological polar surface area (TPSA) is 15.3 Å². The van der Waals surface area contributed by atoms with Crippen LogP contribution >= 0.6 is 0 Å². The van der Waals surface area contributed by atoms with Crippen molar-refractivity contribution in [2.75, 3.05) is 26.7 Å². The molecule has 0 saturated carbocycles. The third kappa shape index (κ3) is 4.43. The van der Waals surface area contributed by atoms with Crippen molar-refractivity contribution in [2.24, 2.45) is 0 Å². The molecule has 2 nitrogen and oxygen atoms in total. The molecule has 1 aliphatic rings. The zero-order valence-corrected chi connectivity index (χ0v) is 9.89. The maximum atomic E-state index is 3.51. The molecule has 0 aliphatic carbocycles. The zero-order chi connectivity index (χ0) is 10.2. The summed E-state index contributed by atoms with van der Waals surface area (Å²) in [5, 5.41) is 3.51. The van der Waals surface area contributed by atoms with E-state index in [-0.39, 0.29) is 0 Å². The Morgan fingerprint density at radius 3 is 2.71 bits per heavy atom. The fourth-order valence-electron chi connectivity index (χ4n) is 2.23. The fraction of sp³-hybridized carbons (Fsp3) is 1.00. The lowest BCUT2D eigenvalue weighted by molar-refractivity contribution is 0.291. The molecule has 1 fully saturated rings. The molecule has 0 aromatic rings. The summed E-state index contributed by atoms with van der Waals surface area (Å²) in [6, 6.07) is 0.878. The van der Waals surface area contributed by atoms with Crippen LogP contribution in [0, 0.1) is 0 Å². The van der Waals surface area contributed by atoms with Gasteiger partial charge in [0.1, 0.15) is 0 Å². The van der Waals surface area contributed by atoms with Gasteiger partial charge in [-0.1, -0.05) is 13.3 Å². The number of unbranched alkanes of at least 4 members (excludes halogenated alkanes) is 1. The van der Waals surface area contributed by atoms with Gasteiger partial charge in [0, 0.05) is 6.04 Å². The maximum Gasteiger partial charge on any atom is 0.00931 e. The summed E-state index contributed by atoms with van der Waals surface area (Å²) in [7, 11) is 2.27.